The number of rotatable bonds is 4. The summed E-state index contributed by atoms with van der Waals surface area (Å²) in [5, 5.41) is 9.44. The number of nitrogens with zero attached hydrogens (tertiary/aromatic N) is 1. The van der Waals surface area contributed by atoms with E-state index in [0.717, 1.165) is 16.7 Å². The Kier molecular flexibility index (Phi) is 3.89. The van der Waals surface area contributed by atoms with Crippen LogP contribution in [0.4, 0.5) is 0 Å². The average Bonchev–Trinajstić information content (AvgIpc) is 3.12. The molecule has 0 aliphatic carbocycles. The molecule has 1 heterocycles. The molecule has 0 radical (unpaired) electrons. The second-order valence-corrected chi connectivity index (χ2v) is 5.91. The van der Waals surface area contributed by atoms with Crippen LogP contribution in [0, 0.1) is 0 Å². The number of carbonyl (C=O) groups is 1. The number of ether oxygens (including phenoxy) is 1. The first-order valence-corrected chi connectivity index (χ1v) is 8.12. The molecule has 128 valence electrons. The number of nitrogens with one attached hydrogen (secondary N) is 1. The van der Waals surface area contributed by atoms with Crippen LogP contribution < -0.4 is 4.74 Å². The Balaban J connectivity index is 1.77. The van der Waals surface area contributed by atoms with E-state index in [4.69, 9.17) is 4.74 Å². The Labute approximate surface area is 149 Å². The molecule has 2 N–H and O–H groups in total. The normalized spacial score (nSPS) is 10.8. The van der Waals surface area contributed by atoms with Crippen molar-refractivity contribution in [1.82, 2.24) is 9.97 Å². The lowest BCUT2D eigenvalue weighted by atomic mass is 10.0. The van der Waals surface area contributed by atoms with E-state index in [9.17, 15) is 9.90 Å². The van der Waals surface area contributed by atoms with Crippen molar-refractivity contribution in [2.24, 2.45) is 0 Å². The second-order valence-electron chi connectivity index (χ2n) is 5.91. The third-order valence-electron chi connectivity index (χ3n) is 4.29. The van der Waals surface area contributed by atoms with Gasteiger partial charge in [0.2, 0.25) is 0 Å². The summed E-state index contributed by atoms with van der Waals surface area (Å²) in [6.45, 7) is 0. The molecule has 0 aliphatic heterocycles. The maximum absolute atomic E-state index is 11.5. The maximum Gasteiger partial charge on any atom is 0.338 e. The zero-order valence-electron chi connectivity index (χ0n) is 14.1. The molecule has 0 amide bonds. The minimum Gasteiger partial charge on any atom is -0.497 e. The van der Waals surface area contributed by atoms with Gasteiger partial charge in [-0.15, -0.1) is 0 Å². The highest BCUT2D eigenvalue weighted by Gasteiger charge is 2.16. The van der Waals surface area contributed by atoms with Gasteiger partial charge in [-0.2, -0.15) is 0 Å². The van der Waals surface area contributed by atoms with Crippen LogP contribution in [0.2, 0.25) is 0 Å². The molecule has 26 heavy (non-hydrogen) atoms. The first-order chi connectivity index (χ1) is 12.7. The largest absolute Gasteiger partial charge is 0.497 e. The Morgan fingerprint density at radius 3 is 2.27 bits per heavy atom. The molecular weight excluding hydrogens is 328 g/mol. The van der Waals surface area contributed by atoms with Crippen molar-refractivity contribution in [3.63, 3.8) is 0 Å². The molecule has 3 aromatic carbocycles. The fourth-order valence-electron chi connectivity index (χ4n) is 2.96. The number of aromatic amines is 1. The summed E-state index contributed by atoms with van der Waals surface area (Å²) >= 11 is 0. The number of methoxy groups -OCH3 is 1. The Hall–Kier alpha value is -3.60. The van der Waals surface area contributed by atoms with E-state index in [0.29, 0.717) is 22.6 Å². The Morgan fingerprint density at radius 2 is 1.62 bits per heavy atom. The molecular formula is C21H16N2O3. The van der Waals surface area contributed by atoms with Gasteiger partial charge in [-0.25, -0.2) is 9.78 Å². The summed E-state index contributed by atoms with van der Waals surface area (Å²) in [7, 11) is 1.51. The highest BCUT2D eigenvalue weighted by atomic mass is 16.5. The molecule has 1 aromatic heterocycles. The fraction of sp³-hybridized carbons (Fsp3) is 0.0476. The second kappa shape index (κ2) is 6.37. The number of aromatic nitrogens is 2. The number of hydrogen-bond acceptors (Lipinski definition) is 3. The molecule has 0 aliphatic rings. The van der Waals surface area contributed by atoms with Crippen LogP contribution in [0.15, 0.2) is 66.7 Å². The third kappa shape index (κ3) is 2.80. The molecule has 4 rings (SSSR count). The van der Waals surface area contributed by atoms with Gasteiger partial charge in [0, 0.05) is 11.6 Å². The maximum atomic E-state index is 11.5. The SMILES string of the molecule is COc1cc(C(=O)O)c2nc(-c3ccc(-c4ccccc4)cc3)[nH]c2c1. The Bertz CT molecular complexity index is 1080. The van der Waals surface area contributed by atoms with Crippen molar-refractivity contribution >= 4 is 17.0 Å². The van der Waals surface area contributed by atoms with Crippen molar-refractivity contribution < 1.29 is 14.6 Å². The van der Waals surface area contributed by atoms with Crippen LogP contribution in [-0.2, 0) is 0 Å². The average molecular weight is 344 g/mol. The van der Waals surface area contributed by atoms with Gasteiger partial charge in [0.15, 0.2) is 0 Å². The fourth-order valence-corrected chi connectivity index (χ4v) is 2.96. The molecule has 5 heteroatoms. The molecule has 0 atom stereocenters. The molecule has 0 saturated carbocycles. The van der Waals surface area contributed by atoms with Gasteiger partial charge in [0.05, 0.1) is 18.2 Å². The van der Waals surface area contributed by atoms with Crippen molar-refractivity contribution in [3.05, 3.63) is 72.3 Å². The number of carboxylic acid groups (broad SMARTS) is 1. The standard InChI is InChI=1S/C21H16N2O3/c1-26-16-11-17(21(24)25)19-18(12-16)22-20(23-19)15-9-7-14(8-10-15)13-5-3-2-4-6-13/h2-12H,1H3,(H,22,23)(H,24,25). The van der Waals surface area contributed by atoms with Gasteiger partial charge in [-0.3, -0.25) is 0 Å². The summed E-state index contributed by atoms with van der Waals surface area (Å²) in [4.78, 5) is 19.2. The smallest absolute Gasteiger partial charge is 0.338 e. The van der Waals surface area contributed by atoms with Crippen LogP contribution in [0.1, 0.15) is 10.4 Å². The molecule has 0 unspecified atom stereocenters. The van der Waals surface area contributed by atoms with E-state index in [2.05, 4.69) is 22.1 Å². The highest BCUT2D eigenvalue weighted by molar-refractivity contribution is 6.02. The molecule has 4 aromatic rings. The number of fused-ring (bicyclic) bond motifs is 1. The summed E-state index contributed by atoms with van der Waals surface area (Å²) in [6, 6.07) is 21.3. The number of aromatic carboxylic acids is 1. The van der Waals surface area contributed by atoms with Crippen LogP contribution in [0.3, 0.4) is 0 Å². The first kappa shape index (κ1) is 15.9. The lowest BCUT2D eigenvalue weighted by molar-refractivity contribution is 0.0698. The van der Waals surface area contributed by atoms with E-state index in [-0.39, 0.29) is 5.56 Å². The summed E-state index contributed by atoms with van der Waals surface area (Å²) in [5.74, 6) is 0.0614. The van der Waals surface area contributed by atoms with Crippen molar-refractivity contribution in [1.29, 1.82) is 0 Å². The van der Waals surface area contributed by atoms with Crippen LogP contribution in [-0.4, -0.2) is 28.2 Å². The number of hydrogen-bond donors (Lipinski definition) is 2. The van der Waals surface area contributed by atoms with Crippen LogP contribution >= 0.6 is 0 Å². The van der Waals surface area contributed by atoms with Gasteiger partial charge in [-0.1, -0.05) is 54.6 Å². The molecule has 0 saturated heterocycles. The van der Waals surface area contributed by atoms with E-state index in [1.54, 1.807) is 6.07 Å². The van der Waals surface area contributed by atoms with Gasteiger partial charge >= 0.3 is 5.97 Å². The predicted molar refractivity (Wildman–Crippen MR) is 100 cm³/mol. The zero-order valence-corrected chi connectivity index (χ0v) is 14.1. The van der Waals surface area contributed by atoms with E-state index >= 15 is 0 Å². The Morgan fingerprint density at radius 1 is 0.962 bits per heavy atom. The van der Waals surface area contributed by atoms with Crippen molar-refractivity contribution in [3.8, 4) is 28.3 Å². The van der Waals surface area contributed by atoms with Gasteiger partial charge < -0.3 is 14.8 Å². The van der Waals surface area contributed by atoms with E-state index < -0.39 is 5.97 Å². The summed E-state index contributed by atoms with van der Waals surface area (Å²) < 4.78 is 5.18. The molecule has 5 nitrogen and oxygen atoms in total. The quantitative estimate of drug-likeness (QED) is 0.567. The number of H-pyrrole nitrogens is 1. The summed E-state index contributed by atoms with van der Waals surface area (Å²) in [5.41, 5.74) is 4.29. The number of imidazole rings is 1. The predicted octanol–water partition coefficient (Wildman–Crippen LogP) is 4.60. The highest BCUT2D eigenvalue weighted by Crippen LogP contribution is 2.28. The lowest BCUT2D eigenvalue weighted by Gasteiger charge is -2.02. The topological polar surface area (TPSA) is 75.2 Å². The minimum atomic E-state index is -1.04. The first-order valence-electron chi connectivity index (χ1n) is 8.12. The van der Waals surface area contributed by atoms with Gasteiger partial charge in [-0.05, 0) is 17.2 Å². The zero-order chi connectivity index (χ0) is 18.1. The monoisotopic (exact) mass is 344 g/mol. The molecule has 0 spiro atoms. The van der Waals surface area contributed by atoms with E-state index in [1.165, 1.54) is 13.2 Å². The van der Waals surface area contributed by atoms with Crippen LogP contribution in [0.5, 0.6) is 5.75 Å². The van der Waals surface area contributed by atoms with Gasteiger partial charge in [0.1, 0.15) is 17.1 Å². The van der Waals surface area contributed by atoms with Crippen LogP contribution in [0.25, 0.3) is 33.5 Å². The lowest BCUT2D eigenvalue weighted by Crippen LogP contribution is -1.98. The summed E-state index contributed by atoms with van der Waals surface area (Å²) in [6.07, 6.45) is 0. The van der Waals surface area contributed by atoms with Gasteiger partial charge in [0.25, 0.3) is 0 Å². The minimum absolute atomic E-state index is 0.114. The van der Waals surface area contributed by atoms with Crippen molar-refractivity contribution in [2.75, 3.05) is 7.11 Å². The van der Waals surface area contributed by atoms with Crippen molar-refractivity contribution in [2.45, 2.75) is 0 Å². The molecule has 0 bridgehead atoms. The number of carboxylic acids is 1. The third-order valence-corrected chi connectivity index (χ3v) is 4.29. The van der Waals surface area contributed by atoms with E-state index in [1.807, 2.05) is 42.5 Å². The number of benzene rings is 3. The molecule has 0 fully saturated rings.